The van der Waals surface area contributed by atoms with E-state index in [4.69, 9.17) is 23.2 Å². The van der Waals surface area contributed by atoms with Crippen LogP contribution in [0.25, 0.3) is 0 Å². The SMILES string of the molecule is CC(CCl)SCc1cc(Cl)ccc1F. The van der Waals surface area contributed by atoms with Crippen LogP contribution in [0.3, 0.4) is 0 Å². The summed E-state index contributed by atoms with van der Waals surface area (Å²) in [5.74, 6) is 0.983. The number of rotatable bonds is 4. The maximum Gasteiger partial charge on any atom is 0.127 e. The normalized spacial score (nSPS) is 12.9. The molecule has 0 saturated heterocycles. The van der Waals surface area contributed by atoms with Gasteiger partial charge in [-0.25, -0.2) is 4.39 Å². The summed E-state index contributed by atoms with van der Waals surface area (Å²) in [5.41, 5.74) is 0.638. The molecule has 0 aliphatic rings. The minimum atomic E-state index is -0.205. The van der Waals surface area contributed by atoms with Crippen LogP contribution < -0.4 is 0 Å². The number of hydrogen-bond acceptors (Lipinski definition) is 1. The van der Waals surface area contributed by atoms with Gasteiger partial charge in [-0.05, 0) is 23.8 Å². The Morgan fingerprint density at radius 2 is 2.21 bits per heavy atom. The second-order valence-corrected chi connectivity index (χ2v) is 5.18. The molecule has 0 radical (unpaired) electrons. The van der Waals surface area contributed by atoms with E-state index < -0.39 is 0 Å². The first-order chi connectivity index (χ1) is 6.63. The summed E-state index contributed by atoms with van der Waals surface area (Å²) >= 11 is 13.0. The van der Waals surface area contributed by atoms with Crippen LogP contribution in [-0.4, -0.2) is 11.1 Å². The molecule has 0 N–H and O–H groups in total. The van der Waals surface area contributed by atoms with Crippen LogP contribution in [0.4, 0.5) is 4.39 Å². The predicted molar refractivity (Wildman–Crippen MR) is 62.9 cm³/mol. The maximum absolute atomic E-state index is 13.2. The molecular weight excluding hydrogens is 242 g/mol. The van der Waals surface area contributed by atoms with Crippen molar-refractivity contribution in [1.29, 1.82) is 0 Å². The van der Waals surface area contributed by atoms with Crippen molar-refractivity contribution in [2.24, 2.45) is 0 Å². The fourth-order valence-electron chi connectivity index (χ4n) is 0.931. The van der Waals surface area contributed by atoms with E-state index in [0.717, 1.165) is 0 Å². The molecule has 0 saturated carbocycles. The van der Waals surface area contributed by atoms with E-state index in [0.29, 0.717) is 27.5 Å². The molecule has 0 aliphatic carbocycles. The highest BCUT2D eigenvalue weighted by atomic mass is 35.5. The van der Waals surface area contributed by atoms with E-state index in [1.165, 1.54) is 6.07 Å². The van der Waals surface area contributed by atoms with E-state index >= 15 is 0 Å². The Bertz CT molecular complexity index is 304. The number of benzene rings is 1. The molecule has 0 spiro atoms. The summed E-state index contributed by atoms with van der Waals surface area (Å²) in [4.78, 5) is 0. The van der Waals surface area contributed by atoms with Gasteiger partial charge < -0.3 is 0 Å². The van der Waals surface area contributed by atoms with Gasteiger partial charge in [-0.3, -0.25) is 0 Å². The average Bonchev–Trinajstić information content (AvgIpc) is 2.19. The Labute approximate surface area is 97.8 Å². The molecule has 1 aromatic rings. The number of hydrogen-bond donors (Lipinski definition) is 0. The summed E-state index contributed by atoms with van der Waals surface area (Å²) in [7, 11) is 0. The standard InChI is InChI=1S/C10H11Cl2FS/c1-7(5-11)14-6-8-4-9(12)2-3-10(8)13/h2-4,7H,5-6H2,1H3. The van der Waals surface area contributed by atoms with Gasteiger partial charge in [-0.1, -0.05) is 18.5 Å². The highest BCUT2D eigenvalue weighted by Crippen LogP contribution is 2.22. The molecule has 4 heteroatoms. The molecule has 0 aromatic heterocycles. The zero-order valence-electron chi connectivity index (χ0n) is 7.77. The predicted octanol–water partition coefficient (Wildman–Crippen LogP) is 4.34. The smallest absolute Gasteiger partial charge is 0.127 e. The Balaban J connectivity index is 2.62. The molecule has 0 aliphatic heterocycles. The van der Waals surface area contributed by atoms with Gasteiger partial charge in [0, 0.05) is 21.9 Å². The second kappa shape index (κ2) is 5.84. The van der Waals surface area contributed by atoms with Gasteiger partial charge in [0.1, 0.15) is 5.82 Å². The lowest BCUT2D eigenvalue weighted by Gasteiger charge is -2.07. The van der Waals surface area contributed by atoms with Crippen molar-refractivity contribution in [3.8, 4) is 0 Å². The summed E-state index contributed by atoms with van der Waals surface area (Å²) in [6, 6.07) is 4.60. The molecular formula is C10H11Cl2FS. The van der Waals surface area contributed by atoms with Crippen molar-refractivity contribution >= 4 is 35.0 Å². The molecule has 0 heterocycles. The molecule has 1 aromatic carbocycles. The highest BCUT2D eigenvalue weighted by Gasteiger charge is 2.06. The number of halogens is 3. The largest absolute Gasteiger partial charge is 0.207 e. The topological polar surface area (TPSA) is 0 Å². The fourth-order valence-corrected chi connectivity index (χ4v) is 2.17. The fraction of sp³-hybridized carbons (Fsp3) is 0.400. The van der Waals surface area contributed by atoms with Crippen LogP contribution in [0, 0.1) is 5.82 Å². The molecule has 0 fully saturated rings. The monoisotopic (exact) mass is 252 g/mol. The van der Waals surface area contributed by atoms with Crippen LogP contribution >= 0.6 is 35.0 Å². The van der Waals surface area contributed by atoms with Crippen molar-refractivity contribution in [3.63, 3.8) is 0 Å². The summed E-state index contributed by atoms with van der Waals surface area (Å²) in [5, 5.41) is 0.899. The first kappa shape index (κ1) is 12.2. The zero-order valence-corrected chi connectivity index (χ0v) is 10.1. The molecule has 1 unspecified atom stereocenters. The van der Waals surface area contributed by atoms with Crippen molar-refractivity contribution in [3.05, 3.63) is 34.6 Å². The lowest BCUT2D eigenvalue weighted by molar-refractivity contribution is 0.617. The quantitative estimate of drug-likeness (QED) is 0.719. The molecule has 0 amide bonds. The van der Waals surface area contributed by atoms with Crippen LogP contribution in [0.2, 0.25) is 5.02 Å². The van der Waals surface area contributed by atoms with Crippen LogP contribution in [0.1, 0.15) is 12.5 Å². The minimum Gasteiger partial charge on any atom is -0.207 e. The zero-order chi connectivity index (χ0) is 10.6. The van der Waals surface area contributed by atoms with E-state index in [2.05, 4.69) is 0 Å². The van der Waals surface area contributed by atoms with Gasteiger partial charge >= 0.3 is 0 Å². The first-order valence-electron chi connectivity index (χ1n) is 4.25. The van der Waals surface area contributed by atoms with Gasteiger partial charge in [0.15, 0.2) is 0 Å². The van der Waals surface area contributed by atoms with Gasteiger partial charge in [-0.15, -0.1) is 11.6 Å². The first-order valence-corrected chi connectivity index (χ1v) is 6.21. The summed E-state index contributed by atoms with van der Waals surface area (Å²) < 4.78 is 13.2. The van der Waals surface area contributed by atoms with Gasteiger partial charge in [0.05, 0.1) is 0 Å². The third-order valence-electron chi connectivity index (χ3n) is 1.75. The maximum atomic E-state index is 13.2. The number of thioether (sulfide) groups is 1. The number of alkyl halides is 1. The average molecular weight is 253 g/mol. The Hall–Kier alpha value is 0.0800. The summed E-state index contributed by atoms with van der Waals surface area (Å²) in [6.45, 7) is 2.01. The van der Waals surface area contributed by atoms with Crippen molar-refractivity contribution in [1.82, 2.24) is 0 Å². The van der Waals surface area contributed by atoms with Crippen molar-refractivity contribution in [2.45, 2.75) is 17.9 Å². The van der Waals surface area contributed by atoms with Crippen LogP contribution in [-0.2, 0) is 5.75 Å². The summed E-state index contributed by atoms with van der Waals surface area (Å²) in [6.07, 6.45) is 0. The third-order valence-corrected chi connectivity index (χ3v) is 3.84. The Kier molecular flexibility index (Phi) is 5.07. The molecule has 0 bridgehead atoms. The second-order valence-electron chi connectivity index (χ2n) is 3.01. The molecule has 1 atom stereocenters. The van der Waals surface area contributed by atoms with Crippen LogP contribution in [0.5, 0.6) is 0 Å². The van der Waals surface area contributed by atoms with Crippen molar-refractivity contribution < 1.29 is 4.39 Å². The van der Waals surface area contributed by atoms with Gasteiger partial charge in [-0.2, -0.15) is 11.8 Å². The Morgan fingerprint density at radius 1 is 1.50 bits per heavy atom. The lowest BCUT2D eigenvalue weighted by atomic mass is 10.2. The van der Waals surface area contributed by atoms with E-state index in [-0.39, 0.29) is 5.82 Å². The van der Waals surface area contributed by atoms with E-state index in [9.17, 15) is 4.39 Å². The molecule has 78 valence electrons. The van der Waals surface area contributed by atoms with E-state index in [1.807, 2.05) is 6.92 Å². The van der Waals surface area contributed by atoms with Gasteiger partial charge in [0.2, 0.25) is 0 Å². The molecule has 14 heavy (non-hydrogen) atoms. The van der Waals surface area contributed by atoms with E-state index in [1.54, 1.807) is 23.9 Å². The molecule has 0 nitrogen and oxygen atoms in total. The Morgan fingerprint density at radius 3 is 2.86 bits per heavy atom. The third kappa shape index (κ3) is 3.68. The highest BCUT2D eigenvalue weighted by molar-refractivity contribution is 7.99. The molecule has 1 rings (SSSR count). The van der Waals surface area contributed by atoms with Crippen molar-refractivity contribution in [2.75, 3.05) is 5.88 Å². The minimum absolute atomic E-state index is 0.205. The van der Waals surface area contributed by atoms with Crippen LogP contribution in [0.15, 0.2) is 18.2 Å². The van der Waals surface area contributed by atoms with Gasteiger partial charge in [0.25, 0.3) is 0 Å². The lowest BCUT2D eigenvalue weighted by Crippen LogP contribution is -1.98.